The lowest BCUT2D eigenvalue weighted by atomic mass is 10.1. The number of hydrogen-bond acceptors (Lipinski definition) is 4. The lowest BCUT2D eigenvalue weighted by Gasteiger charge is -2.13. The summed E-state index contributed by atoms with van der Waals surface area (Å²) >= 11 is 0. The Kier molecular flexibility index (Phi) is 4.59. The van der Waals surface area contributed by atoms with E-state index in [-0.39, 0.29) is 0 Å². The number of nitrogens with two attached hydrogens (primary N) is 2. The van der Waals surface area contributed by atoms with Crippen LogP contribution in [0.1, 0.15) is 11.1 Å². The largest absolute Gasteiger partial charge is 0.491 e. The van der Waals surface area contributed by atoms with E-state index in [1.54, 1.807) is 12.1 Å². The first-order chi connectivity index (χ1) is 10.1. The van der Waals surface area contributed by atoms with Gasteiger partial charge in [0.25, 0.3) is 0 Å². The van der Waals surface area contributed by atoms with Gasteiger partial charge in [0.05, 0.1) is 7.11 Å². The lowest BCUT2D eigenvalue weighted by molar-refractivity contribution is 0.360. The zero-order valence-corrected chi connectivity index (χ0v) is 11.6. The molecule has 0 atom stereocenters. The van der Waals surface area contributed by atoms with Crippen molar-refractivity contribution in [3.8, 4) is 5.75 Å². The first kappa shape index (κ1) is 15.1. The van der Waals surface area contributed by atoms with Crippen LogP contribution in [0.25, 0.3) is 0 Å². The van der Waals surface area contributed by atoms with Gasteiger partial charge in [0.1, 0.15) is 0 Å². The maximum atomic E-state index is 13.6. The molecule has 0 radical (unpaired) electrons. The zero-order chi connectivity index (χ0) is 15.4. The average molecular weight is 293 g/mol. The molecule has 0 aliphatic heterocycles. The van der Waals surface area contributed by atoms with Gasteiger partial charge in [0.15, 0.2) is 17.4 Å². The summed E-state index contributed by atoms with van der Waals surface area (Å²) in [6.45, 7) is 0.664. The lowest BCUT2D eigenvalue weighted by Crippen LogP contribution is -2.09. The van der Waals surface area contributed by atoms with Gasteiger partial charge >= 0.3 is 0 Å². The Hall–Kier alpha value is -2.34. The number of hydrogen-bond donors (Lipinski definition) is 3. The van der Waals surface area contributed by atoms with Crippen LogP contribution in [0.2, 0.25) is 0 Å². The van der Waals surface area contributed by atoms with Crippen molar-refractivity contribution in [2.45, 2.75) is 13.1 Å². The summed E-state index contributed by atoms with van der Waals surface area (Å²) in [7, 11) is 1.22. The molecule has 5 N–H and O–H groups in total. The van der Waals surface area contributed by atoms with E-state index in [1.165, 1.54) is 19.2 Å². The maximum Gasteiger partial charge on any atom is 0.190 e. The fourth-order valence-corrected chi connectivity index (χ4v) is 2.12. The monoisotopic (exact) mass is 293 g/mol. The van der Waals surface area contributed by atoms with Gasteiger partial charge in [-0.05, 0) is 17.2 Å². The normalized spacial score (nSPS) is 10.5. The number of halogens is 2. The summed E-state index contributed by atoms with van der Waals surface area (Å²) in [5, 5.41) is 2.95. The van der Waals surface area contributed by atoms with Gasteiger partial charge < -0.3 is 21.5 Å². The fraction of sp³-hybridized carbons (Fsp3) is 0.200. The molecule has 0 fully saturated rings. The summed E-state index contributed by atoms with van der Waals surface area (Å²) < 4.78 is 31.8. The summed E-state index contributed by atoms with van der Waals surface area (Å²) in [5.74, 6) is -1.91. The molecule has 0 aliphatic rings. The molecule has 0 aliphatic carbocycles. The first-order valence-corrected chi connectivity index (χ1v) is 6.40. The predicted octanol–water partition coefficient (Wildman–Crippen LogP) is 2.63. The number of methoxy groups -OCH3 is 1. The van der Waals surface area contributed by atoms with E-state index in [0.717, 1.165) is 11.1 Å². The van der Waals surface area contributed by atoms with Gasteiger partial charge in [0, 0.05) is 36.6 Å². The Morgan fingerprint density at radius 1 is 1.19 bits per heavy atom. The number of ether oxygens (including phenoxy) is 1. The summed E-state index contributed by atoms with van der Waals surface area (Å²) in [4.78, 5) is 0. The fourth-order valence-electron chi connectivity index (χ4n) is 2.12. The van der Waals surface area contributed by atoms with Crippen LogP contribution in [0.5, 0.6) is 5.75 Å². The highest BCUT2D eigenvalue weighted by Gasteiger charge is 2.12. The SMILES string of the molecule is COc1c(F)cc(NCc2cccc(N)c2CN)cc1F. The number of rotatable bonds is 5. The molecule has 0 unspecified atom stereocenters. The Morgan fingerprint density at radius 3 is 2.43 bits per heavy atom. The van der Waals surface area contributed by atoms with Gasteiger partial charge in [-0.3, -0.25) is 0 Å². The van der Waals surface area contributed by atoms with Crippen LogP contribution in [0, 0.1) is 11.6 Å². The van der Waals surface area contributed by atoms with Crippen molar-refractivity contribution in [3.05, 3.63) is 53.1 Å². The average Bonchev–Trinajstić information content (AvgIpc) is 2.45. The third kappa shape index (κ3) is 3.22. The van der Waals surface area contributed by atoms with E-state index >= 15 is 0 Å². The topological polar surface area (TPSA) is 73.3 Å². The van der Waals surface area contributed by atoms with Crippen LogP contribution in [-0.4, -0.2) is 7.11 Å². The van der Waals surface area contributed by atoms with Gasteiger partial charge in [-0.25, -0.2) is 8.78 Å². The highest BCUT2D eigenvalue weighted by Crippen LogP contribution is 2.26. The van der Waals surface area contributed by atoms with Gasteiger partial charge in [-0.1, -0.05) is 12.1 Å². The van der Waals surface area contributed by atoms with E-state index < -0.39 is 17.4 Å². The van der Waals surface area contributed by atoms with E-state index in [9.17, 15) is 8.78 Å². The van der Waals surface area contributed by atoms with Crippen LogP contribution in [-0.2, 0) is 13.1 Å². The standard InChI is InChI=1S/C15H17F2N3O/c1-21-15-12(16)5-10(6-13(15)17)20-8-9-3-2-4-14(19)11(9)7-18/h2-6,20H,7-8,18-19H2,1H3. The molecule has 0 bridgehead atoms. The van der Waals surface area contributed by atoms with Gasteiger partial charge in [-0.2, -0.15) is 0 Å². The first-order valence-electron chi connectivity index (χ1n) is 6.40. The van der Waals surface area contributed by atoms with E-state index in [1.807, 2.05) is 6.07 Å². The molecule has 0 aromatic heterocycles. The van der Waals surface area contributed by atoms with E-state index in [2.05, 4.69) is 10.1 Å². The third-order valence-electron chi connectivity index (χ3n) is 3.20. The molecule has 0 heterocycles. The number of benzene rings is 2. The molecular formula is C15H17F2N3O. The molecule has 6 heteroatoms. The molecule has 0 spiro atoms. The van der Waals surface area contributed by atoms with E-state index in [4.69, 9.17) is 11.5 Å². The Balaban J connectivity index is 2.19. The van der Waals surface area contributed by atoms with Crippen molar-refractivity contribution < 1.29 is 13.5 Å². The van der Waals surface area contributed by atoms with Crippen molar-refractivity contribution in [2.24, 2.45) is 5.73 Å². The molecule has 4 nitrogen and oxygen atoms in total. The van der Waals surface area contributed by atoms with Crippen LogP contribution < -0.4 is 21.5 Å². The van der Waals surface area contributed by atoms with Crippen LogP contribution in [0.4, 0.5) is 20.2 Å². The van der Waals surface area contributed by atoms with Crippen molar-refractivity contribution in [1.29, 1.82) is 0 Å². The van der Waals surface area contributed by atoms with Crippen LogP contribution in [0.3, 0.4) is 0 Å². The minimum atomic E-state index is -0.758. The molecule has 0 saturated carbocycles. The minimum absolute atomic E-state index is 0.301. The van der Waals surface area contributed by atoms with Crippen molar-refractivity contribution >= 4 is 11.4 Å². The second-order valence-electron chi connectivity index (χ2n) is 4.52. The smallest absolute Gasteiger partial charge is 0.190 e. The second kappa shape index (κ2) is 6.41. The van der Waals surface area contributed by atoms with Crippen molar-refractivity contribution in [3.63, 3.8) is 0 Å². The molecule has 2 aromatic carbocycles. The molecule has 0 amide bonds. The second-order valence-corrected chi connectivity index (χ2v) is 4.52. The molecule has 2 aromatic rings. The molecule has 21 heavy (non-hydrogen) atoms. The predicted molar refractivity (Wildman–Crippen MR) is 79.0 cm³/mol. The zero-order valence-electron chi connectivity index (χ0n) is 11.6. The summed E-state index contributed by atoms with van der Waals surface area (Å²) in [5.41, 5.74) is 14.1. The minimum Gasteiger partial charge on any atom is -0.491 e. The molecule has 2 rings (SSSR count). The Bertz CT molecular complexity index is 624. The van der Waals surface area contributed by atoms with Crippen molar-refractivity contribution in [1.82, 2.24) is 0 Å². The molecule has 112 valence electrons. The third-order valence-corrected chi connectivity index (χ3v) is 3.20. The highest BCUT2D eigenvalue weighted by atomic mass is 19.1. The summed E-state index contributed by atoms with van der Waals surface area (Å²) in [6, 6.07) is 7.79. The number of nitrogens with one attached hydrogen (secondary N) is 1. The van der Waals surface area contributed by atoms with Gasteiger partial charge in [0.2, 0.25) is 0 Å². The van der Waals surface area contributed by atoms with Gasteiger partial charge in [-0.15, -0.1) is 0 Å². The van der Waals surface area contributed by atoms with E-state index in [0.29, 0.717) is 24.5 Å². The molecular weight excluding hydrogens is 276 g/mol. The number of anilines is 2. The number of nitrogen functional groups attached to an aromatic ring is 1. The maximum absolute atomic E-state index is 13.6. The summed E-state index contributed by atoms with van der Waals surface area (Å²) in [6.07, 6.45) is 0. The Morgan fingerprint density at radius 2 is 1.86 bits per heavy atom. The highest BCUT2D eigenvalue weighted by molar-refractivity contribution is 5.53. The molecule has 0 saturated heterocycles. The van der Waals surface area contributed by atoms with Crippen molar-refractivity contribution in [2.75, 3.05) is 18.2 Å². The quantitative estimate of drug-likeness (QED) is 0.741. The van der Waals surface area contributed by atoms with Crippen LogP contribution >= 0.6 is 0 Å². The Labute approximate surface area is 121 Å². The van der Waals surface area contributed by atoms with Crippen LogP contribution in [0.15, 0.2) is 30.3 Å².